The monoisotopic (exact) mass is 416 g/mol. The van der Waals surface area contributed by atoms with Crippen molar-refractivity contribution in [3.8, 4) is 0 Å². The van der Waals surface area contributed by atoms with Gasteiger partial charge in [-0.1, -0.05) is 20.8 Å². The fraction of sp³-hybridized carbons (Fsp3) is 0.950. The summed E-state index contributed by atoms with van der Waals surface area (Å²) < 4.78 is 5.49. The largest absolute Gasteiger partial charge is 0.460 e. The quantitative estimate of drug-likeness (QED) is 0.219. The van der Waals surface area contributed by atoms with E-state index in [1.165, 1.54) is 13.8 Å². The Morgan fingerprint density at radius 2 is 1.59 bits per heavy atom. The van der Waals surface area contributed by atoms with Gasteiger partial charge in [0.2, 0.25) is 0 Å². The van der Waals surface area contributed by atoms with Crippen LogP contribution in [0.4, 0.5) is 0 Å². The molecule has 166 valence electrons. The van der Waals surface area contributed by atoms with Gasteiger partial charge in [0.25, 0.3) is 0 Å². The smallest absolute Gasteiger partial charge is 0.338 e. The van der Waals surface area contributed by atoms with Gasteiger partial charge in [-0.3, -0.25) is 0 Å². The highest BCUT2D eigenvalue weighted by molar-refractivity contribution is 5.78. The van der Waals surface area contributed by atoms with E-state index in [1.54, 1.807) is 13.8 Å². The van der Waals surface area contributed by atoms with Gasteiger partial charge in [-0.25, -0.2) is 4.79 Å². The van der Waals surface area contributed by atoms with Gasteiger partial charge in [-0.15, -0.1) is 0 Å². The second-order valence-electron chi connectivity index (χ2n) is 10.4. The van der Waals surface area contributed by atoms with Gasteiger partial charge in [0.1, 0.15) is 11.7 Å². The van der Waals surface area contributed by atoms with Gasteiger partial charge in [0.05, 0.1) is 30.0 Å². The molecule has 4 aliphatic rings. The third-order valence-corrected chi connectivity index (χ3v) is 9.22. The number of esters is 1. The first-order valence-corrected chi connectivity index (χ1v) is 10.2. The molecule has 0 amide bonds. The lowest BCUT2D eigenvalue weighted by Gasteiger charge is -2.73. The van der Waals surface area contributed by atoms with E-state index in [9.17, 15) is 40.5 Å². The summed E-state index contributed by atoms with van der Waals surface area (Å²) >= 11 is 0. The van der Waals surface area contributed by atoms with Crippen molar-refractivity contribution in [2.24, 2.45) is 28.6 Å². The molecular formula is C20H32O9. The summed E-state index contributed by atoms with van der Waals surface area (Å²) in [5, 5.41) is 77.0. The third kappa shape index (κ3) is 2.17. The molecule has 0 radical (unpaired) electrons. The minimum atomic E-state index is -2.14. The van der Waals surface area contributed by atoms with Gasteiger partial charge in [-0.2, -0.15) is 0 Å². The molecule has 1 heterocycles. The van der Waals surface area contributed by atoms with Crippen LogP contribution < -0.4 is 0 Å². The molecule has 13 unspecified atom stereocenters. The van der Waals surface area contributed by atoms with E-state index in [4.69, 9.17) is 4.74 Å². The van der Waals surface area contributed by atoms with Gasteiger partial charge < -0.3 is 40.5 Å². The fourth-order valence-electron chi connectivity index (χ4n) is 7.75. The van der Waals surface area contributed by atoms with E-state index in [0.29, 0.717) is 0 Å². The van der Waals surface area contributed by atoms with Crippen molar-refractivity contribution in [3.63, 3.8) is 0 Å². The molecular weight excluding hydrogens is 384 g/mol. The molecule has 7 N–H and O–H groups in total. The van der Waals surface area contributed by atoms with Crippen LogP contribution in [0.25, 0.3) is 0 Å². The maximum Gasteiger partial charge on any atom is 0.338 e. The van der Waals surface area contributed by atoms with Crippen molar-refractivity contribution in [1.82, 2.24) is 0 Å². The van der Waals surface area contributed by atoms with E-state index in [2.05, 4.69) is 0 Å². The van der Waals surface area contributed by atoms with Gasteiger partial charge >= 0.3 is 5.97 Å². The molecule has 0 aromatic carbocycles. The first-order chi connectivity index (χ1) is 13.2. The number of carbonyl (C=O) groups excluding carboxylic acids is 1. The summed E-state index contributed by atoms with van der Waals surface area (Å²) in [6, 6.07) is 0. The summed E-state index contributed by atoms with van der Waals surface area (Å²) in [6.45, 7) is 6.16. The van der Waals surface area contributed by atoms with Crippen molar-refractivity contribution < 1.29 is 45.3 Å². The summed E-state index contributed by atoms with van der Waals surface area (Å²) in [7, 11) is 0. The third-order valence-electron chi connectivity index (χ3n) is 9.22. The molecule has 0 spiro atoms. The molecule has 0 bridgehead atoms. The zero-order valence-corrected chi connectivity index (χ0v) is 17.1. The normalized spacial score (nSPS) is 64.7. The maximum atomic E-state index is 12.4. The Kier molecular flexibility index (Phi) is 4.36. The molecule has 29 heavy (non-hydrogen) atoms. The molecule has 1 aliphatic heterocycles. The lowest BCUT2D eigenvalue weighted by atomic mass is 9.35. The molecule has 9 heteroatoms. The molecule has 0 aromatic heterocycles. The van der Waals surface area contributed by atoms with Gasteiger partial charge in [-0.05, 0) is 19.3 Å². The number of carbonyl (C=O) groups is 1. The van der Waals surface area contributed by atoms with E-state index >= 15 is 0 Å². The first kappa shape index (κ1) is 21.4. The second-order valence-corrected chi connectivity index (χ2v) is 10.4. The van der Waals surface area contributed by atoms with Crippen LogP contribution in [0.5, 0.6) is 0 Å². The Bertz CT molecular complexity index is 727. The minimum Gasteiger partial charge on any atom is -0.460 e. The summed E-state index contributed by atoms with van der Waals surface area (Å²) in [5.41, 5.74) is -6.39. The number of rotatable bonds is 0. The fourth-order valence-corrected chi connectivity index (χ4v) is 7.75. The van der Waals surface area contributed by atoms with Crippen LogP contribution in [0, 0.1) is 28.6 Å². The standard InChI is InChI=1S/C20H32O9/c1-7-11(22)12(23)13-18(3)9(17(2,27)6-8(21)14(18)24)5-10-19(13,4)20(7,28)15(25)16(26)29-10/h7-15,21-25,27-28H,5-6H2,1-4H3. The van der Waals surface area contributed by atoms with Crippen molar-refractivity contribution in [1.29, 1.82) is 0 Å². The topological polar surface area (TPSA) is 168 Å². The Morgan fingerprint density at radius 1 is 1.00 bits per heavy atom. The van der Waals surface area contributed by atoms with Crippen LogP contribution in [0.1, 0.15) is 40.5 Å². The number of aliphatic hydroxyl groups is 7. The molecule has 3 aliphatic carbocycles. The molecule has 13 atom stereocenters. The number of hydrogen-bond acceptors (Lipinski definition) is 9. The Morgan fingerprint density at radius 3 is 2.17 bits per heavy atom. The van der Waals surface area contributed by atoms with E-state index in [1.807, 2.05) is 0 Å². The van der Waals surface area contributed by atoms with Crippen LogP contribution >= 0.6 is 0 Å². The van der Waals surface area contributed by atoms with Crippen molar-refractivity contribution in [2.75, 3.05) is 0 Å². The number of fused-ring (bicyclic) bond motifs is 2. The van der Waals surface area contributed by atoms with Crippen LogP contribution in [0.2, 0.25) is 0 Å². The van der Waals surface area contributed by atoms with Crippen molar-refractivity contribution in [3.05, 3.63) is 0 Å². The minimum absolute atomic E-state index is 0.0661. The van der Waals surface area contributed by atoms with Crippen LogP contribution in [-0.4, -0.2) is 89.5 Å². The zero-order chi connectivity index (χ0) is 21.9. The van der Waals surface area contributed by atoms with Crippen molar-refractivity contribution in [2.45, 2.75) is 88.4 Å². The van der Waals surface area contributed by atoms with E-state index < -0.39 is 82.4 Å². The Hall–Kier alpha value is -0.810. The first-order valence-electron chi connectivity index (χ1n) is 10.2. The molecule has 1 saturated heterocycles. The van der Waals surface area contributed by atoms with Gasteiger partial charge in [0.15, 0.2) is 6.10 Å². The highest BCUT2D eigenvalue weighted by atomic mass is 16.6. The molecule has 3 saturated carbocycles. The molecule has 4 fully saturated rings. The lowest BCUT2D eigenvalue weighted by molar-refractivity contribution is -0.378. The Balaban J connectivity index is 1.99. The van der Waals surface area contributed by atoms with Gasteiger partial charge in [0, 0.05) is 29.1 Å². The zero-order valence-electron chi connectivity index (χ0n) is 17.1. The van der Waals surface area contributed by atoms with Crippen LogP contribution in [0.15, 0.2) is 0 Å². The molecule has 4 rings (SSSR count). The predicted octanol–water partition coefficient (Wildman–Crippen LogP) is -2.10. The number of ether oxygens (including phenoxy) is 1. The van der Waals surface area contributed by atoms with Crippen molar-refractivity contribution >= 4 is 5.97 Å². The Labute approximate surface area is 168 Å². The summed E-state index contributed by atoms with van der Waals surface area (Å²) in [6.07, 6.45) is -8.59. The average Bonchev–Trinajstić information content (AvgIpc) is 2.63. The number of aliphatic hydroxyl groups excluding tert-OH is 5. The lowest BCUT2D eigenvalue weighted by Crippen LogP contribution is -2.84. The van der Waals surface area contributed by atoms with Crippen LogP contribution in [0.3, 0.4) is 0 Å². The average molecular weight is 416 g/mol. The highest BCUT2D eigenvalue weighted by Gasteiger charge is 2.80. The second kappa shape index (κ2) is 5.91. The van der Waals surface area contributed by atoms with Crippen LogP contribution in [-0.2, 0) is 9.53 Å². The SMILES string of the molecule is CC1C(O)C(O)C2C3(C)C(O)C(O)CC(C)(O)C3CC3OC(=O)C(O)C1(O)C32C. The van der Waals surface area contributed by atoms with E-state index in [0.717, 1.165) is 0 Å². The summed E-state index contributed by atoms with van der Waals surface area (Å²) in [5.74, 6) is -3.90. The predicted molar refractivity (Wildman–Crippen MR) is 97.1 cm³/mol. The maximum absolute atomic E-state index is 12.4. The summed E-state index contributed by atoms with van der Waals surface area (Å²) in [4.78, 5) is 12.4. The highest BCUT2D eigenvalue weighted by Crippen LogP contribution is 2.70. The molecule has 0 aromatic rings. The molecule has 9 nitrogen and oxygen atoms in total. The number of hydrogen-bond donors (Lipinski definition) is 7. The van der Waals surface area contributed by atoms with E-state index in [-0.39, 0.29) is 12.8 Å².